The first-order valence-corrected chi connectivity index (χ1v) is 11.7. The number of aromatic nitrogens is 1. The summed E-state index contributed by atoms with van der Waals surface area (Å²) in [6.07, 6.45) is 3.27. The molecule has 2 amide bonds. The standard InChI is InChI=1S/C24H26N4O4S/c29-20-8-5-17(13-21(20)30)26-22(31)9-10-24-27-18(15-33-24)14-23(32)25-16-3-6-19(7-4-16)28-11-1-2-12-28/h3-8,13,15,29-30H,1-2,9-12,14H2,(H,25,32)(H,26,31). The minimum absolute atomic E-state index is 0.134. The lowest BCUT2D eigenvalue weighted by Gasteiger charge is -2.17. The molecule has 9 heteroatoms. The lowest BCUT2D eigenvalue weighted by atomic mass is 10.2. The van der Waals surface area contributed by atoms with Crippen LogP contribution in [0, 0.1) is 0 Å². The van der Waals surface area contributed by atoms with E-state index in [1.165, 1.54) is 48.1 Å². The number of rotatable bonds is 8. The summed E-state index contributed by atoms with van der Waals surface area (Å²) >= 11 is 1.42. The minimum atomic E-state index is -0.293. The van der Waals surface area contributed by atoms with Gasteiger partial charge < -0.3 is 25.7 Å². The summed E-state index contributed by atoms with van der Waals surface area (Å²) in [5.41, 5.74) is 3.02. The fraction of sp³-hybridized carbons (Fsp3) is 0.292. The van der Waals surface area contributed by atoms with Crippen molar-refractivity contribution in [2.24, 2.45) is 0 Å². The van der Waals surface area contributed by atoms with Gasteiger partial charge in [-0.25, -0.2) is 4.98 Å². The van der Waals surface area contributed by atoms with E-state index in [0.717, 1.165) is 23.8 Å². The molecule has 2 heterocycles. The van der Waals surface area contributed by atoms with Crippen LogP contribution in [0.5, 0.6) is 11.5 Å². The number of carbonyl (C=O) groups excluding carboxylic acids is 2. The van der Waals surface area contributed by atoms with Gasteiger partial charge in [-0.05, 0) is 49.2 Å². The molecule has 4 rings (SSSR count). The van der Waals surface area contributed by atoms with Gasteiger partial charge in [0.1, 0.15) is 0 Å². The molecular weight excluding hydrogens is 440 g/mol. The third-order valence-electron chi connectivity index (χ3n) is 5.39. The summed E-state index contributed by atoms with van der Waals surface area (Å²) < 4.78 is 0. The number of hydrogen-bond donors (Lipinski definition) is 4. The first kappa shape index (κ1) is 22.6. The second-order valence-electron chi connectivity index (χ2n) is 7.95. The van der Waals surface area contributed by atoms with Crippen LogP contribution in [0.15, 0.2) is 47.8 Å². The lowest BCUT2D eigenvalue weighted by Crippen LogP contribution is -2.18. The number of amides is 2. The van der Waals surface area contributed by atoms with Gasteiger partial charge in [0, 0.05) is 54.4 Å². The smallest absolute Gasteiger partial charge is 0.230 e. The fourth-order valence-electron chi connectivity index (χ4n) is 3.69. The van der Waals surface area contributed by atoms with Crippen LogP contribution in [0.2, 0.25) is 0 Å². The van der Waals surface area contributed by atoms with Crippen molar-refractivity contribution in [3.05, 3.63) is 58.5 Å². The first-order chi connectivity index (χ1) is 16.0. The van der Waals surface area contributed by atoms with Crippen LogP contribution in [0.3, 0.4) is 0 Å². The molecule has 4 N–H and O–H groups in total. The van der Waals surface area contributed by atoms with Gasteiger partial charge in [0.2, 0.25) is 11.8 Å². The van der Waals surface area contributed by atoms with E-state index >= 15 is 0 Å². The van der Waals surface area contributed by atoms with E-state index in [0.29, 0.717) is 17.8 Å². The average molecular weight is 467 g/mol. The summed E-state index contributed by atoms with van der Waals surface area (Å²) in [4.78, 5) is 31.3. The van der Waals surface area contributed by atoms with Crippen molar-refractivity contribution in [1.29, 1.82) is 0 Å². The van der Waals surface area contributed by atoms with Crippen molar-refractivity contribution in [3.8, 4) is 11.5 Å². The van der Waals surface area contributed by atoms with Crippen molar-refractivity contribution >= 4 is 40.2 Å². The predicted octanol–water partition coefficient (Wildman–Crippen LogP) is 3.91. The number of anilines is 3. The second kappa shape index (κ2) is 10.4. The molecule has 1 aromatic heterocycles. The van der Waals surface area contributed by atoms with Crippen LogP contribution in [-0.2, 0) is 22.4 Å². The Balaban J connectivity index is 1.23. The van der Waals surface area contributed by atoms with Crippen LogP contribution in [0.4, 0.5) is 17.1 Å². The van der Waals surface area contributed by atoms with Crippen molar-refractivity contribution < 1.29 is 19.8 Å². The number of aromatic hydroxyl groups is 2. The molecule has 8 nitrogen and oxygen atoms in total. The third kappa shape index (κ3) is 6.23. The Morgan fingerprint density at radius 1 is 0.939 bits per heavy atom. The van der Waals surface area contributed by atoms with Crippen molar-refractivity contribution in [2.45, 2.75) is 32.1 Å². The molecule has 1 aliphatic rings. The number of carbonyl (C=O) groups is 2. The van der Waals surface area contributed by atoms with Crippen molar-refractivity contribution in [1.82, 2.24) is 4.98 Å². The zero-order valence-electron chi connectivity index (χ0n) is 18.1. The Morgan fingerprint density at radius 3 is 2.36 bits per heavy atom. The monoisotopic (exact) mass is 466 g/mol. The van der Waals surface area contributed by atoms with Crippen molar-refractivity contribution in [3.63, 3.8) is 0 Å². The molecule has 0 spiro atoms. The Labute approximate surface area is 195 Å². The quantitative estimate of drug-likeness (QED) is 0.296. The van der Waals surface area contributed by atoms with E-state index in [-0.39, 0.29) is 36.2 Å². The van der Waals surface area contributed by atoms with Gasteiger partial charge in [-0.1, -0.05) is 0 Å². The van der Waals surface area contributed by atoms with E-state index in [1.54, 1.807) is 0 Å². The van der Waals surface area contributed by atoms with E-state index in [1.807, 2.05) is 29.6 Å². The highest BCUT2D eigenvalue weighted by Gasteiger charge is 2.13. The molecule has 0 unspecified atom stereocenters. The maximum Gasteiger partial charge on any atom is 0.230 e. The van der Waals surface area contributed by atoms with Gasteiger partial charge >= 0.3 is 0 Å². The number of phenolic OH excluding ortho intramolecular Hbond substituents is 2. The number of phenols is 2. The van der Waals surface area contributed by atoms with Gasteiger partial charge in [-0.15, -0.1) is 11.3 Å². The number of aryl methyl sites for hydroxylation is 1. The summed E-state index contributed by atoms with van der Waals surface area (Å²) in [5, 5.41) is 27.0. The Bertz CT molecular complexity index is 1120. The zero-order chi connectivity index (χ0) is 23.2. The molecule has 1 fully saturated rings. The molecule has 1 aliphatic heterocycles. The largest absolute Gasteiger partial charge is 0.504 e. The molecule has 0 bridgehead atoms. The second-order valence-corrected chi connectivity index (χ2v) is 8.89. The van der Waals surface area contributed by atoms with Crippen LogP contribution in [0.25, 0.3) is 0 Å². The molecule has 1 saturated heterocycles. The van der Waals surface area contributed by atoms with Gasteiger partial charge in [0.25, 0.3) is 0 Å². The maximum atomic E-state index is 12.4. The number of nitrogens with one attached hydrogen (secondary N) is 2. The minimum Gasteiger partial charge on any atom is -0.504 e. The summed E-state index contributed by atoms with van der Waals surface area (Å²) in [5.74, 6) is -0.901. The van der Waals surface area contributed by atoms with Crippen LogP contribution < -0.4 is 15.5 Å². The van der Waals surface area contributed by atoms with Crippen LogP contribution in [0.1, 0.15) is 30.0 Å². The number of nitrogens with zero attached hydrogens (tertiary/aromatic N) is 2. The lowest BCUT2D eigenvalue weighted by molar-refractivity contribution is -0.116. The fourth-order valence-corrected chi connectivity index (χ4v) is 4.49. The van der Waals surface area contributed by atoms with Crippen molar-refractivity contribution in [2.75, 3.05) is 28.6 Å². The molecule has 0 atom stereocenters. The molecule has 0 radical (unpaired) electrons. The number of hydrogen-bond acceptors (Lipinski definition) is 7. The topological polar surface area (TPSA) is 115 Å². The molecule has 0 aliphatic carbocycles. The Hall–Kier alpha value is -3.59. The first-order valence-electron chi connectivity index (χ1n) is 10.9. The van der Waals surface area contributed by atoms with Gasteiger partial charge in [0.05, 0.1) is 17.1 Å². The van der Waals surface area contributed by atoms with E-state index < -0.39 is 0 Å². The number of benzene rings is 2. The SMILES string of the molecule is O=C(CCc1nc(CC(=O)Nc2ccc(N3CCCC3)cc2)cs1)Nc1ccc(O)c(O)c1. The Kier molecular flexibility index (Phi) is 7.09. The maximum absolute atomic E-state index is 12.4. The molecule has 172 valence electrons. The zero-order valence-corrected chi connectivity index (χ0v) is 18.9. The molecule has 33 heavy (non-hydrogen) atoms. The van der Waals surface area contributed by atoms with Crippen LogP contribution in [-0.4, -0.2) is 40.1 Å². The van der Waals surface area contributed by atoms with E-state index in [2.05, 4.69) is 20.5 Å². The summed E-state index contributed by atoms with van der Waals surface area (Å²) in [7, 11) is 0. The molecule has 0 saturated carbocycles. The molecule has 2 aromatic carbocycles. The molecular formula is C24H26N4O4S. The Morgan fingerprint density at radius 2 is 1.64 bits per heavy atom. The third-order valence-corrected chi connectivity index (χ3v) is 6.35. The highest BCUT2D eigenvalue weighted by atomic mass is 32.1. The van der Waals surface area contributed by atoms with Gasteiger partial charge in [-0.3, -0.25) is 9.59 Å². The van der Waals surface area contributed by atoms with Gasteiger partial charge in [-0.2, -0.15) is 0 Å². The summed E-state index contributed by atoms with van der Waals surface area (Å²) in [6.45, 7) is 2.17. The normalized spacial score (nSPS) is 13.2. The van der Waals surface area contributed by atoms with Gasteiger partial charge in [0.15, 0.2) is 11.5 Å². The van der Waals surface area contributed by atoms with E-state index in [4.69, 9.17) is 0 Å². The highest BCUT2D eigenvalue weighted by Crippen LogP contribution is 2.27. The highest BCUT2D eigenvalue weighted by molar-refractivity contribution is 7.09. The predicted molar refractivity (Wildman–Crippen MR) is 129 cm³/mol. The average Bonchev–Trinajstić information content (AvgIpc) is 3.48. The van der Waals surface area contributed by atoms with Crippen LogP contribution >= 0.6 is 11.3 Å². The number of thiazole rings is 1. The van der Waals surface area contributed by atoms with E-state index in [9.17, 15) is 19.8 Å². The summed E-state index contributed by atoms with van der Waals surface area (Å²) in [6, 6.07) is 12.0. The molecule has 3 aromatic rings.